The summed E-state index contributed by atoms with van der Waals surface area (Å²) < 4.78 is 33.3. The predicted octanol–water partition coefficient (Wildman–Crippen LogP) is 3.13. The van der Waals surface area contributed by atoms with Crippen molar-refractivity contribution in [2.24, 2.45) is 0 Å². The number of aryl methyl sites for hydroxylation is 1. The van der Waals surface area contributed by atoms with Gasteiger partial charge in [-0.3, -0.25) is 4.79 Å². The number of hydrogen-bond acceptors (Lipinski definition) is 5. The lowest BCUT2D eigenvalue weighted by Crippen LogP contribution is -2.43. The highest BCUT2D eigenvalue weighted by Gasteiger charge is 2.46. The third-order valence-corrected chi connectivity index (χ3v) is 6.90. The first-order valence-corrected chi connectivity index (χ1v) is 10.7. The van der Waals surface area contributed by atoms with Crippen LogP contribution in [0.2, 0.25) is 0 Å². The van der Waals surface area contributed by atoms with Gasteiger partial charge in [0.1, 0.15) is 6.10 Å². The first-order chi connectivity index (χ1) is 13.7. The van der Waals surface area contributed by atoms with Gasteiger partial charge in [-0.2, -0.15) is 4.31 Å². The Kier molecular flexibility index (Phi) is 6.00. The molecule has 0 bridgehead atoms. The molecule has 29 heavy (non-hydrogen) atoms. The molecule has 0 saturated carbocycles. The second-order valence-corrected chi connectivity index (χ2v) is 8.94. The van der Waals surface area contributed by atoms with Crippen molar-refractivity contribution in [2.75, 3.05) is 6.54 Å². The van der Waals surface area contributed by atoms with E-state index in [1.165, 1.54) is 23.4 Å². The number of carbonyl (C=O) groups excluding carboxylic acids is 2. The minimum absolute atomic E-state index is 0.101. The molecular weight excluding hydrogens is 390 g/mol. The molecular formula is C22H23NO5S. The van der Waals surface area contributed by atoms with Gasteiger partial charge >= 0.3 is 5.97 Å². The summed E-state index contributed by atoms with van der Waals surface area (Å²) in [5, 5.41) is 0. The molecule has 1 fully saturated rings. The average Bonchev–Trinajstić information content (AvgIpc) is 3.12. The van der Waals surface area contributed by atoms with Crippen LogP contribution in [0.3, 0.4) is 0 Å². The Hall–Kier alpha value is -2.77. The van der Waals surface area contributed by atoms with E-state index in [2.05, 4.69) is 6.58 Å². The first kappa shape index (κ1) is 21.0. The molecule has 1 aliphatic rings. The van der Waals surface area contributed by atoms with Gasteiger partial charge in [-0.25, -0.2) is 13.2 Å². The second-order valence-electron chi connectivity index (χ2n) is 7.05. The van der Waals surface area contributed by atoms with Gasteiger partial charge in [-0.1, -0.05) is 42.5 Å². The SMILES string of the molecule is C=C(C(C)=O)[C@@H]1[C@@H](OC(=O)c2ccccc2)CCN1S(=O)(=O)c1ccc(C)cc1. The topological polar surface area (TPSA) is 80.8 Å². The fourth-order valence-corrected chi connectivity index (χ4v) is 5.02. The molecule has 0 aliphatic carbocycles. The maximum atomic E-state index is 13.2. The van der Waals surface area contributed by atoms with Crippen molar-refractivity contribution in [1.29, 1.82) is 0 Å². The highest BCUT2D eigenvalue weighted by Crippen LogP contribution is 2.32. The number of benzene rings is 2. The number of esters is 1. The van der Waals surface area contributed by atoms with E-state index in [-0.39, 0.29) is 29.2 Å². The quantitative estimate of drug-likeness (QED) is 0.537. The molecule has 152 valence electrons. The third kappa shape index (κ3) is 4.31. The fraction of sp³-hybridized carbons (Fsp3) is 0.273. The molecule has 2 aromatic rings. The van der Waals surface area contributed by atoms with E-state index in [1.54, 1.807) is 42.5 Å². The zero-order valence-corrected chi connectivity index (χ0v) is 17.2. The summed E-state index contributed by atoms with van der Waals surface area (Å²) in [6.07, 6.45) is -0.514. The largest absolute Gasteiger partial charge is 0.457 e. The third-order valence-electron chi connectivity index (χ3n) is 5.00. The van der Waals surface area contributed by atoms with Gasteiger partial charge in [0.05, 0.1) is 16.5 Å². The summed E-state index contributed by atoms with van der Waals surface area (Å²) in [6.45, 7) is 7.11. The van der Waals surface area contributed by atoms with Crippen molar-refractivity contribution < 1.29 is 22.7 Å². The molecule has 0 spiro atoms. The lowest BCUT2D eigenvalue weighted by atomic mass is 10.0. The van der Waals surface area contributed by atoms with E-state index < -0.39 is 28.1 Å². The highest BCUT2D eigenvalue weighted by molar-refractivity contribution is 7.89. The lowest BCUT2D eigenvalue weighted by Gasteiger charge is -2.28. The molecule has 0 unspecified atom stereocenters. The van der Waals surface area contributed by atoms with Crippen LogP contribution in [0.1, 0.15) is 29.3 Å². The maximum Gasteiger partial charge on any atom is 0.338 e. The number of sulfonamides is 1. The molecule has 1 heterocycles. The van der Waals surface area contributed by atoms with Crippen LogP contribution in [0.4, 0.5) is 0 Å². The van der Waals surface area contributed by atoms with Gasteiger partial charge in [0.2, 0.25) is 10.0 Å². The Morgan fingerprint density at radius 3 is 2.28 bits per heavy atom. The van der Waals surface area contributed by atoms with Crippen LogP contribution in [0.15, 0.2) is 71.6 Å². The molecule has 0 N–H and O–H groups in total. The van der Waals surface area contributed by atoms with Gasteiger partial charge in [0, 0.05) is 18.5 Å². The van der Waals surface area contributed by atoms with Gasteiger partial charge in [0.15, 0.2) is 5.78 Å². The van der Waals surface area contributed by atoms with Crippen LogP contribution in [-0.2, 0) is 19.6 Å². The Balaban J connectivity index is 1.92. The first-order valence-electron chi connectivity index (χ1n) is 9.26. The van der Waals surface area contributed by atoms with Crippen molar-refractivity contribution in [2.45, 2.75) is 37.3 Å². The Morgan fingerprint density at radius 1 is 1.07 bits per heavy atom. The molecule has 7 heteroatoms. The normalized spacial score (nSPS) is 19.7. The highest BCUT2D eigenvalue weighted by atomic mass is 32.2. The van der Waals surface area contributed by atoms with Crippen molar-refractivity contribution in [3.05, 3.63) is 77.9 Å². The average molecular weight is 413 g/mol. The van der Waals surface area contributed by atoms with Crippen molar-refractivity contribution >= 4 is 21.8 Å². The molecule has 6 nitrogen and oxygen atoms in total. The Labute approximate surface area is 170 Å². The molecule has 3 rings (SSSR count). The molecule has 2 aromatic carbocycles. The van der Waals surface area contributed by atoms with Crippen LogP contribution < -0.4 is 0 Å². The standard InChI is InChI=1S/C22H23NO5S/c1-15-9-11-19(12-10-15)29(26,27)23-14-13-20(21(23)16(2)17(3)24)28-22(25)18-7-5-4-6-8-18/h4-12,20-21H,2,13-14H2,1,3H3/t20-,21+/m0/s1. The number of Topliss-reactive ketones (excluding diaryl/α,β-unsaturated/α-hetero) is 1. The van der Waals surface area contributed by atoms with Gasteiger partial charge < -0.3 is 4.74 Å². The van der Waals surface area contributed by atoms with Gasteiger partial charge in [0.25, 0.3) is 0 Å². The zero-order chi connectivity index (χ0) is 21.2. The summed E-state index contributed by atoms with van der Waals surface area (Å²) in [5.74, 6) is -0.909. The maximum absolute atomic E-state index is 13.2. The van der Waals surface area contributed by atoms with Crippen LogP contribution in [0.25, 0.3) is 0 Å². The van der Waals surface area contributed by atoms with E-state index in [0.717, 1.165) is 5.56 Å². The summed E-state index contributed by atoms with van der Waals surface area (Å²) in [6, 6.07) is 14.0. The lowest BCUT2D eigenvalue weighted by molar-refractivity contribution is -0.114. The summed E-state index contributed by atoms with van der Waals surface area (Å²) >= 11 is 0. The van der Waals surface area contributed by atoms with E-state index in [9.17, 15) is 18.0 Å². The summed E-state index contributed by atoms with van der Waals surface area (Å²) in [7, 11) is -3.89. The van der Waals surface area contributed by atoms with E-state index in [4.69, 9.17) is 4.74 Å². The summed E-state index contributed by atoms with van der Waals surface area (Å²) in [4.78, 5) is 24.6. The van der Waals surface area contributed by atoms with Crippen LogP contribution in [0.5, 0.6) is 0 Å². The zero-order valence-electron chi connectivity index (χ0n) is 16.4. The smallest absolute Gasteiger partial charge is 0.338 e. The minimum Gasteiger partial charge on any atom is -0.457 e. The molecule has 2 atom stereocenters. The number of ether oxygens (including phenoxy) is 1. The molecule has 1 saturated heterocycles. The van der Waals surface area contributed by atoms with Crippen LogP contribution in [-0.4, -0.2) is 43.2 Å². The van der Waals surface area contributed by atoms with E-state index in [0.29, 0.717) is 5.56 Å². The van der Waals surface area contributed by atoms with Crippen LogP contribution >= 0.6 is 0 Å². The van der Waals surface area contributed by atoms with E-state index in [1.807, 2.05) is 6.92 Å². The second kappa shape index (κ2) is 8.31. The van der Waals surface area contributed by atoms with Crippen molar-refractivity contribution in [3.8, 4) is 0 Å². The van der Waals surface area contributed by atoms with Crippen molar-refractivity contribution in [3.63, 3.8) is 0 Å². The number of rotatable bonds is 6. The minimum atomic E-state index is -3.89. The molecule has 0 amide bonds. The monoisotopic (exact) mass is 413 g/mol. The number of ketones is 1. The molecule has 1 aliphatic heterocycles. The van der Waals surface area contributed by atoms with E-state index >= 15 is 0 Å². The number of nitrogens with zero attached hydrogens (tertiary/aromatic N) is 1. The molecule has 0 aromatic heterocycles. The number of carbonyl (C=O) groups is 2. The van der Waals surface area contributed by atoms with Crippen molar-refractivity contribution in [1.82, 2.24) is 4.31 Å². The molecule has 0 radical (unpaired) electrons. The Morgan fingerprint density at radius 2 is 1.69 bits per heavy atom. The fourth-order valence-electron chi connectivity index (χ4n) is 3.36. The summed E-state index contributed by atoms with van der Waals surface area (Å²) in [5.41, 5.74) is 1.40. The van der Waals surface area contributed by atoms with Gasteiger partial charge in [-0.15, -0.1) is 0 Å². The van der Waals surface area contributed by atoms with Crippen LogP contribution in [0, 0.1) is 6.92 Å². The van der Waals surface area contributed by atoms with Gasteiger partial charge in [-0.05, 0) is 38.1 Å². The predicted molar refractivity (Wildman–Crippen MR) is 109 cm³/mol. The Bertz CT molecular complexity index is 1030. The number of hydrogen-bond donors (Lipinski definition) is 0.